The molecule has 2 heterocycles. The second-order valence-electron chi connectivity index (χ2n) is 6.74. The molecule has 0 atom stereocenters. The van der Waals surface area contributed by atoms with E-state index in [1.165, 1.54) is 17.5 Å². The van der Waals surface area contributed by atoms with E-state index in [1.807, 2.05) is 43.5 Å². The Bertz CT molecular complexity index is 961. The van der Waals surface area contributed by atoms with Gasteiger partial charge in [-0.15, -0.1) is 11.3 Å². The number of nitrogens with zero attached hydrogens (tertiary/aromatic N) is 3. The summed E-state index contributed by atoms with van der Waals surface area (Å²) in [5, 5.41) is 6.98. The van der Waals surface area contributed by atoms with Crippen LogP contribution in [0.15, 0.2) is 34.8 Å². The van der Waals surface area contributed by atoms with Gasteiger partial charge in [0.2, 0.25) is 5.91 Å². The Balaban J connectivity index is 1.63. The molecule has 0 saturated heterocycles. The highest BCUT2D eigenvalue weighted by atomic mass is 32.2. The van der Waals surface area contributed by atoms with E-state index in [9.17, 15) is 4.79 Å². The summed E-state index contributed by atoms with van der Waals surface area (Å²) >= 11 is 3.12. The molecular weight excluding hydrogens is 388 g/mol. The molecule has 0 aliphatic heterocycles. The minimum absolute atomic E-state index is 0.0306. The predicted octanol–water partition coefficient (Wildman–Crippen LogP) is 5.46. The topological polar surface area (TPSA) is 59.8 Å². The van der Waals surface area contributed by atoms with Crippen molar-refractivity contribution < 1.29 is 4.79 Å². The number of amides is 1. The number of aromatic nitrogens is 3. The van der Waals surface area contributed by atoms with Crippen LogP contribution in [0.5, 0.6) is 0 Å². The zero-order valence-corrected chi connectivity index (χ0v) is 18.4. The number of benzene rings is 1. The average Bonchev–Trinajstić information content (AvgIpc) is 3.22. The molecule has 148 valence electrons. The Morgan fingerprint density at radius 1 is 1.25 bits per heavy atom. The van der Waals surface area contributed by atoms with Crippen LogP contribution in [0.2, 0.25) is 0 Å². The number of thiazole rings is 1. The fourth-order valence-corrected chi connectivity index (χ4v) is 4.43. The number of rotatable bonds is 8. The van der Waals surface area contributed by atoms with Crippen molar-refractivity contribution in [1.29, 1.82) is 0 Å². The van der Waals surface area contributed by atoms with E-state index in [0.29, 0.717) is 5.75 Å². The van der Waals surface area contributed by atoms with Crippen molar-refractivity contribution in [2.75, 3.05) is 11.1 Å². The lowest BCUT2D eigenvalue weighted by Crippen LogP contribution is -2.14. The highest BCUT2D eigenvalue weighted by Crippen LogP contribution is 2.25. The normalized spacial score (nSPS) is 11.0. The standard InChI is InChI=1S/C21H26N4OS2/c1-5-6-10-25-15(3)14(2)22-21(25)28-13-20(26)24-18-9-7-8-17(11-18)19-12-27-16(4)23-19/h7-9,11-12H,5-6,10,13H2,1-4H3,(H,24,26). The van der Waals surface area contributed by atoms with E-state index >= 15 is 0 Å². The molecule has 1 amide bonds. The monoisotopic (exact) mass is 414 g/mol. The largest absolute Gasteiger partial charge is 0.325 e. The molecule has 1 aromatic carbocycles. The highest BCUT2D eigenvalue weighted by Gasteiger charge is 2.13. The predicted molar refractivity (Wildman–Crippen MR) is 118 cm³/mol. The molecular formula is C21H26N4OS2. The quantitative estimate of drug-likeness (QED) is 0.497. The van der Waals surface area contributed by atoms with Gasteiger partial charge in [-0.2, -0.15) is 0 Å². The lowest BCUT2D eigenvalue weighted by Gasteiger charge is -2.10. The zero-order chi connectivity index (χ0) is 20.1. The van der Waals surface area contributed by atoms with Crippen LogP contribution in [0.25, 0.3) is 11.3 Å². The van der Waals surface area contributed by atoms with Crippen LogP contribution in [0.3, 0.4) is 0 Å². The van der Waals surface area contributed by atoms with Crippen molar-refractivity contribution >= 4 is 34.7 Å². The lowest BCUT2D eigenvalue weighted by molar-refractivity contribution is -0.113. The summed E-state index contributed by atoms with van der Waals surface area (Å²) in [5.74, 6) is 0.305. The summed E-state index contributed by atoms with van der Waals surface area (Å²) in [7, 11) is 0. The molecule has 0 aliphatic carbocycles. The Hall–Kier alpha value is -2.12. The van der Waals surface area contributed by atoms with E-state index in [2.05, 4.69) is 33.7 Å². The number of hydrogen-bond acceptors (Lipinski definition) is 5. The summed E-state index contributed by atoms with van der Waals surface area (Å²) in [5.41, 5.74) is 4.95. The summed E-state index contributed by atoms with van der Waals surface area (Å²) in [6.45, 7) is 9.23. The molecule has 0 saturated carbocycles. The van der Waals surface area contributed by atoms with Crippen LogP contribution in [0.1, 0.15) is 36.2 Å². The fraction of sp³-hybridized carbons (Fsp3) is 0.381. The second kappa shape index (κ2) is 9.39. The Morgan fingerprint density at radius 2 is 2.07 bits per heavy atom. The molecule has 0 spiro atoms. The molecule has 0 fully saturated rings. The molecule has 0 aliphatic rings. The fourth-order valence-electron chi connectivity index (χ4n) is 2.89. The molecule has 28 heavy (non-hydrogen) atoms. The van der Waals surface area contributed by atoms with Gasteiger partial charge in [0.05, 0.1) is 22.1 Å². The summed E-state index contributed by atoms with van der Waals surface area (Å²) in [4.78, 5) is 21.6. The van der Waals surface area contributed by atoms with Gasteiger partial charge in [0.25, 0.3) is 0 Å². The first-order chi connectivity index (χ1) is 13.5. The Kier molecular flexibility index (Phi) is 6.91. The van der Waals surface area contributed by atoms with Crippen LogP contribution in [-0.4, -0.2) is 26.2 Å². The molecule has 7 heteroatoms. The van der Waals surface area contributed by atoms with Gasteiger partial charge in [0.1, 0.15) is 0 Å². The zero-order valence-electron chi connectivity index (χ0n) is 16.8. The number of hydrogen-bond donors (Lipinski definition) is 1. The van der Waals surface area contributed by atoms with Gasteiger partial charge in [-0.05, 0) is 39.3 Å². The second-order valence-corrected chi connectivity index (χ2v) is 8.74. The minimum atomic E-state index is -0.0306. The number of unbranched alkanes of at least 4 members (excludes halogenated alkanes) is 1. The van der Waals surface area contributed by atoms with Crippen molar-refractivity contribution in [3.8, 4) is 11.3 Å². The van der Waals surface area contributed by atoms with E-state index in [0.717, 1.165) is 52.2 Å². The maximum Gasteiger partial charge on any atom is 0.234 e. The number of anilines is 1. The lowest BCUT2D eigenvalue weighted by atomic mass is 10.1. The van der Waals surface area contributed by atoms with Crippen molar-refractivity contribution in [2.45, 2.75) is 52.2 Å². The molecule has 2 aromatic heterocycles. The van der Waals surface area contributed by atoms with Gasteiger partial charge in [-0.3, -0.25) is 4.79 Å². The van der Waals surface area contributed by atoms with Crippen LogP contribution >= 0.6 is 23.1 Å². The average molecular weight is 415 g/mol. The van der Waals surface area contributed by atoms with Crippen LogP contribution < -0.4 is 5.32 Å². The summed E-state index contributed by atoms with van der Waals surface area (Å²) in [6, 6.07) is 7.82. The summed E-state index contributed by atoms with van der Waals surface area (Å²) < 4.78 is 2.22. The molecule has 3 aromatic rings. The van der Waals surface area contributed by atoms with Gasteiger partial charge in [0, 0.05) is 28.9 Å². The first kappa shape index (κ1) is 20.6. The van der Waals surface area contributed by atoms with Gasteiger partial charge < -0.3 is 9.88 Å². The van der Waals surface area contributed by atoms with E-state index < -0.39 is 0 Å². The van der Waals surface area contributed by atoms with Gasteiger partial charge in [0.15, 0.2) is 5.16 Å². The first-order valence-electron chi connectivity index (χ1n) is 9.47. The van der Waals surface area contributed by atoms with Crippen molar-refractivity contribution in [3.63, 3.8) is 0 Å². The minimum Gasteiger partial charge on any atom is -0.325 e. The Labute approximate surface area is 174 Å². The third kappa shape index (κ3) is 5.02. The van der Waals surface area contributed by atoms with E-state index in [-0.39, 0.29) is 5.91 Å². The molecule has 0 bridgehead atoms. The first-order valence-corrected chi connectivity index (χ1v) is 11.3. The molecule has 3 rings (SSSR count). The van der Waals surface area contributed by atoms with Crippen molar-refractivity contribution in [3.05, 3.63) is 46.0 Å². The number of thioether (sulfide) groups is 1. The SMILES string of the molecule is CCCCn1c(SCC(=O)Nc2cccc(-c3csc(C)n3)c2)nc(C)c1C. The van der Waals surface area contributed by atoms with Gasteiger partial charge in [-0.25, -0.2) is 9.97 Å². The molecule has 0 unspecified atom stereocenters. The summed E-state index contributed by atoms with van der Waals surface area (Å²) in [6.07, 6.45) is 2.25. The van der Waals surface area contributed by atoms with Crippen molar-refractivity contribution in [1.82, 2.24) is 14.5 Å². The maximum atomic E-state index is 12.5. The van der Waals surface area contributed by atoms with Crippen LogP contribution in [-0.2, 0) is 11.3 Å². The van der Waals surface area contributed by atoms with Gasteiger partial charge in [-0.1, -0.05) is 37.2 Å². The number of imidazole rings is 1. The molecule has 5 nitrogen and oxygen atoms in total. The maximum absolute atomic E-state index is 12.5. The third-order valence-corrected chi connectivity index (χ3v) is 6.30. The molecule has 1 N–H and O–H groups in total. The Morgan fingerprint density at radius 3 is 2.79 bits per heavy atom. The number of nitrogens with one attached hydrogen (secondary N) is 1. The molecule has 0 radical (unpaired) electrons. The number of aryl methyl sites for hydroxylation is 2. The number of carbonyl (C=O) groups is 1. The van der Waals surface area contributed by atoms with E-state index in [4.69, 9.17) is 0 Å². The van der Waals surface area contributed by atoms with Crippen LogP contribution in [0, 0.1) is 20.8 Å². The smallest absolute Gasteiger partial charge is 0.234 e. The third-order valence-electron chi connectivity index (χ3n) is 4.55. The van der Waals surface area contributed by atoms with E-state index in [1.54, 1.807) is 11.3 Å². The van der Waals surface area contributed by atoms with Gasteiger partial charge >= 0.3 is 0 Å². The highest BCUT2D eigenvalue weighted by molar-refractivity contribution is 7.99. The van der Waals surface area contributed by atoms with Crippen LogP contribution in [0.4, 0.5) is 5.69 Å². The van der Waals surface area contributed by atoms with Crippen molar-refractivity contribution in [2.24, 2.45) is 0 Å². The number of carbonyl (C=O) groups excluding carboxylic acids is 1.